The van der Waals surface area contributed by atoms with Gasteiger partial charge < -0.3 is 14.7 Å². The van der Waals surface area contributed by atoms with Crippen molar-refractivity contribution in [2.45, 2.75) is 25.7 Å². The number of anilines is 3. The first-order valence-corrected chi connectivity index (χ1v) is 14.9. The van der Waals surface area contributed by atoms with E-state index in [1.165, 1.54) is 24.1 Å². The van der Waals surface area contributed by atoms with Crippen molar-refractivity contribution in [3.8, 4) is 5.75 Å². The summed E-state index contributed by atoms with van der Waals surface area (Å²) in [5.74, 6) is -2.06. The second kappa shape index (κ2) is 12.2. The number of para-hydroxylation sites is 2. The van der Waals surface area contributed by atoms with Gasteiger partial charge in [0.1, 0.15) is 11.6 Å². The summed E-state index contributed by atoms with van der Waals surface area (Å²) in [6, 6.07) is 25.0. The number of nitrogens with zero attached hydrogens (tertiary/aromatic N) is 2. The fourth-order valence-corrected chi connectivity index (χ4v) is 6.53. The summed E-state index contributed by atoms with van der Waals surface area (Å²) >= 11 is 6.33. The van der Waals surface area contributed by atoms with Crippen LogP contribution in [0.15, 0.2) is 103 Å². The molecule has 9 heteroatoms. The van der Waals surface area contributed by atoms with Crippen LogP contribution in [-0.2, 0) is 11.2 Å². The standard InChI is InChI=1S/C36H30ClFN2O5/c1-45-32-19-23(11-14-31(32)40(27-8-3-2-4-9-27)34(42)28-20-26(38)12-13-29(28)37)33(41)39-18-17-36(16-15-25(22-36)35(43)44)21-24-7-5-6-10-30(24)39/h2-14,19-20,22H,15-18,21H2,1H3,(H,43,44). The number of carbonyl (C=O) groups is 3. The summed E-state index contributed by atoms with van der Waals surface area (Å²) in [5, 5.41) is 9.69. The van der Waals surface area contributed by atoms with Crippen LogP contribution in [0.1, 0.15) is 45.5 Å². The molecule has 0 aromatic heterocycles. The van der Waals surface area contributed by atoms with Gasteiger partial charge in [0.25, 0.3) is 11.8 Å². The van der Waals surface area contributed by atoms with Crippen LogP contribution in [0.5, 0.6) is 5.75 Å². The summed E-state index contributed by atoms with van der Waals surface area (Å²) in [6.07, 6.45) is 4.36. The Morgan fingerprint density at radius 2 is 1.71 bits per heavy atom. The fraction of sp³-hybridized carbons (Fsp3) is 0.194. The molecule has 4 aromatic rings. The zero-order valence-electron chi connectivity index (χ0n) is 24.5. The quantitative estimate of drug-likeness (QED) is 0.236. The number of aliphatic carboxylic acids is 1. The lowest BCUT2D eigenvalue weighted by Gasteiger charge is -2.27. The minimum Gasteiger partial charge on any atom is -0.495 e. The van der Waals surface area contributed by atoms with Crippen molar-refractivity contribution in [2.24, 2.45) is 5.41 Å². The molecule has 1 heterocycles. The maximum absolute atomic E-state index is 14.2. The number of carboxylic acids is 1. The highest BCUT2D eigenvalue weighted by Gasteiger charge is 2.39. The first-order chi connectivity index (χ1) is 21.7. The van der Waals surface area contributed by atoms with Crippen molar-refractivity contribution < 1.29 is 28.6 Å². The summed E-state index contributed by atoms with van der Waals surface area (Å²) < 4.78 is 19.9. The molecule has 6 rings (SSSR count). The number of amides is 2. The van der Waals surface area contributed by atoms with Crippen molar-refractivity contribution in [2.75, 3.05) is 23.5 Å². The first-order valence-electron chi connectivity index (χ1n) is 14.6. The lowest BCUT2D eigenvalue weighted by Crippen LogP contribution is -2.33. The summed E-state index contributed by atoms with van der Waals surface area (Å²) in [7, 11) is 1.45. The SMILES string of the molecule is COc1cc(C(=O)N2CCC3(C=C(C(=O)O)CC3)Cc3ccccc32)ccc1N(C(=O)c1cc(F)ccc1Cl)c1ccccc1. The highest BCUT2D eigenvalue weighted by atomic mass is 35.5. The van der Waals surface area contributed by atoms with E-state index in [0.717, 1.165) is 17.3 Å². The topological polar surface area (TPSA) is 87.2 Å². The van der Waals surface area contributed by atoms with E-state index in [9.17, 15) is 23.9 Å². The van der Waals surface area contributed by atoms with Gasteiger partial charge >= 0.3 is 5.97 Å². The number of hydrogen-bond acceptors (Lipinski definition) is 4. The third kappa shape index (κ3) is 5.81. The number of carbonyl (C=O) groups excluding carboxylic acids is 2. The monoisotopic (exact) mass is 624 g/mol. The number of hydrogen-bond donors (Lipinski definition) is 1. The van der Waals surface area contributed by atoms with Gasteiger partial charge in [-0.25, -0.2) is 9.18 Å². The highest BCUT2D eigenvalue weighted by Crippen LogP contribution is 2.46. The fourth-order valence-electron chi connectivity index (χ4n) is 6.34. The largest absolute Gasteiger partial charge is 0.495 e. The van der Waals surface area contributed by atoms with Gasteiger partial charge in [0, 0.05) is 29.1 Å². The van der Waals surface area contributed by atoms with Crippen molar-refractivity contribution in [3.05, 3.63) is 130 Å². The number of halogens is 2. The molecule has 0 saturated carbocycles. The lowest BCUT2D eigenvalue weighted by atomic mass is 9.79. The zero-order chi connectivity index (χ0) is 31.7. The van der Waals surface area contributed by atoms with Crippen LogP contribution in [0.4, 0.5) is 21.5 Å². The predicted octanol–water partition coefficient (Wildman–Crippen LogP) is 7.85. The molecule has 1 spiro atoms. The summed E-state index contributed by atoms with van der Waals surface area (Å²) in [5.41, 5.74) is 3.00. The molecule has 2 amide bonds. The smallest absolute Gasteiger partial charge is 0.331 e. The lowest BCUT2D eigenvalue weighted by molar-refractivity contribution is -0.132. The minimum atomic E-state index is -0.896. The van der Waals surface area contributed by atoms with Crippen LogP contribution in [0, 0.1) is 11.2 Å². The van der Waals surface area contributed by atoms with Gasteiger partial charge in [-0.05, 0) is 91.3 Å². The molecule has 228 valence electrons. The normalized spacial score (nSPS) is 17.3. The molecule has 1 aliphatic heterocycles. The van der Waals surface area contributed by atoms with Crippen LogP contribution < -0.4 is 14.5 Å². The maximum Gasteiger partial charge on any atom is 0.331 e. The Kier molecular flexibility index (Phi) is 8.16. The number of allylic oxidation sites excluding steroid dienone is 1. The molecule has 1 aliphatic carbocycles. The molecule has 0 fully saturated rings. The van der Waals surface area contributed by atoms with E-state index >= 15 is 0 Å². The molecular formula is C36H30ClFN2O5. The molecule has 1 unspecified atom stereocenters. The van der Waals surface area contributed by atoms with E-state index in [-0.39, 0.29) is 27.7 Å². The molecule has 1 atom stereocenters. The molecule has 7 nitrogen and oxygen atoms in total. The molecule has 45 heavy (non-hydrogen) atoms. The van der Waals surface area contributed by atoms with Gasteiger partial charge in [0.15, 0.2) is 0 Å². The summed E-state index contributed by atoms with van der Waals surface area (Å²) in [6.45, 7) is 0.399. The van der Waals surface area contributed by atoms with Gasteiger partial charge in [-0.3, -0.25) is 14.5 Å². The van der Waals surface area contributed by atoms with Gasteiger partial charge in [-0.1, -0.05) is 54.1 Å². The third-order valence-electron chi connectivity index (χ3n) is 8.59. The minimum absolute atomic E-state index is 0.0233. The van der Waals surface area contributed by atoms with Gasteiger partial charge in [0.05, 0.1) is 23.4 Å². The van der Waals surface area contributed by atoms with E-state index in [4.69, 9.17) is 16.3 Å². The second-order valence-corrected chi connectivity index (χ2v) is 11.7. The van der Waals surface area contributed by atoms with Gasteiger partial charge in [-0.2, -0.15) is 0 Å². The molecule has 2 aliphatic rings. The number of benzene rings is 4. The Morgan fingerprint density at radius 1 is 0.956 bits per heavy atom. The Labute approximate surface area is 265 Å². The van der Waals surface area contributed by atoms with E-state index in [0.29, 0.717) is 54.7 Å². The van der Waals surface area contributed by atoms with Crippen molar-refractivity contribution in [1.82, 2.24) is 0 Å². The molecule has 0 saturated heterocycles. The molecule has 0 bridgehead atoms. The predicted molar refractivity (Wildman–Crippen MR) is 171 cm³/mol. The zero-order valence-corrected chi connectivity index (χ0v) is 25.3. The summed E-state index contributed by atoms with van der Waals surface area (Å²) in [4.78, 5) is 42.9. The van der Waals surface area contributed by atoms with Crippen LogP contribution >= 0.6 is 11.6 Å². The van der Waals surface area contributed by atoms with E-state index in [1.807, 2.05) is 36.4 Å². The van der Waals surface area contributed by atoms with Crippen molar-refractivity contribution in [1.29, 1.82) is 0 Å². The van der Waals surface area contributed by atoms with E-state index in [1.54, 1.807) is 47.4 Å². The first kappa shape index (κ1) is 30.1. The van der Waals surface area contributed by atoms with Gasteiger partial charge in [0.2, 0.25) is 0 Å². The Hall–Kier alpha value is -4.95. The Morgan fingerprint density at radius 3 is 2.44 bits per heavy atom. The second-order valence-electron chi connectivity index (χ2n) is 11.3. The third-order valence-corrected chi connectivity index (χ3v) is 8.92. The maximum atomic E-state index is 14.2. The molecule has 4 aromatic carbocycles. The van der Waals surface area contributed by atoms with E-state index in [2.05, 4.69) is 0 Å². The number of rotatable bonds is 6. The Bertz CT molecular complexity index is 1840. The number of carboxylic acid groups (broad SMARTS) is 1. The van der Waals surface area contributed by atoms with Crippen LogP contribution in [0.3, 0.4) is 0 Å². The molecular weight excluding hydrogens is 595 g/mol. The Balaban J connectivity index is 1.38. The van der Waals surface area contributed by atoms with Crippen LogP contribution in [0.25, 0.3) is 0 Å². The van der Waals surface area contributed by atoms with E-state index < -0.39 is 17.7 Å². The molecule has 1 N–H and O–H groups in total. The van der Waals surface area contributed by atoms with Crippen molar-refractivity contribution in [3.63, 3.8) is 0 Å². The van der Waals surface area contributed by atoms with Gasteiger partial charge in [-0.15, -0.1) is 0 Å². The highest BCUT2D eigenvalue weighted by molar-refractivity contribution is 6.35. The number of fused-ring (bicyclic) bond motifs is 1. The van der Waals surface area contributed by atoms with Crippen molar-refractivity contribution >= 4 is 46.4 Å². The average Bonchev–Trinajstić information content (AvgIpc) is 3.40. The number of ether oxygens (including phenoxy) is 1. The van der Waals surface area contributed by atoms with Crippen LogP contribution in [0.2, 0.25) is 5.02 Å². The van der Waals surface area contributed by atoms with Crippen LogP contribution in [-0.4, -0.2) is 36.5 Å². The number of methoxy groups -OCH3 is 1. The molecule has 0 radical (unpaired) electrons. The average molecular weight is 625 g/mol.